The molecule has 1 fully saturated rings. The Hall–Kier alpha value is -4.05. The van der Waals surface area contributed by atoms with Gasteiger partial charge in [0.2, 0.25) is 11.8 Å². The van der Waals surface area contributed by atoms with Crippen LogP contribution in [0, 0.1) is 12.3 Å². The van der Waals surface area contributed by atoms with E-state index in [2.05, 4.69) is 10.9 Å². The Bertz CT molecular complexity index is 1140. The molecule has 0 bridgehead atoms. The zero-order valence-electron chi connectivity index (χ0n) is 17.7. The molecule has 1 amide bonds. The van der Waals surface area contributed by atoms with Crippen molar-refractivity contribution in [3.05, 3.63) is 59.3 Å². The predicted octanol–water partition coefficient (Wildman–Crippen LogP) is 3.57. The molecular weight excluding hydrogens is 408 g/mol. The Balaban J connectivity index is 1.55. The largest absolute Gasteiger partial charge is 0.490 e. The van der Waals surface area contributed by atoms with Crippen molar-refractivity contribution in [3.8, 4) is 23.8 Å². The van der Waals surface area contributed by atoms with E-state index in [9.17, 15) is 9.59 Å². The molecule has 0 N–H and O–H groups in total. The Morgan fingerprint density at radius 2 is 1.97 bits per heavy atom. The molecular formula is C25H22N2O5. The van der Waals surface area contributed by atoms with Crippen molar-refractivity contribution in [2.24, 2.45) is 4.99 Å². The van der Waals surface area contributed by atoms with Crippen LogP contribution in [0.3, 0.4) is 0 Å². The number of rotatable bonds is 7. The number of ether oxygens (including phenoxy) is 3. The number of benzene rings is 2. The maximum Gasteiger partial charge on any atom is 0.363 e. The highest BCUT2D eigenvalue weighted by atomic mass is 16.6. The van der Waals surface area contributed by atoms with E-state index >= 15 is 0 Å². The SMILES string of the molecule is C#CCOc1ccc(/C=C2\N=C(c3ccc(N4CCCC4=O)cc3)OC2=O)cc1OCC. The maximum absolute atomic E-state index is 12.4. The average Bonchev–Trinajstić information content (AvgIpc) is 3.39. The number of anilines is 1. The summed E-state index contributed by atoms with van der Waals surface area (Å²) in [6.07, 6.45) is 8.31. The number of hydrogen-bond donors (Lipinski definition) is 0. The lowest BCUT2D eigenvalue weighted by Crippen LogP contribution is -2.23. The summed E-state index contributed by atoms with van der Waals surface area (Å²) in [5, 5.41) is 0. The van der Waals surface area contributed by atoms with Gasteiger partial charge in [-0.25, -0.2) is 9.79 Å². The lowest BCUT2D eigenvalue weighted by molar-refractivity contribution is -0.130. The van der Waals surface area contributed by atoms with Crippen molar-refractivity contribution in [1.82, 2.24) is 0 Å². The minimum Gasteiger partial charge on any atom is -0.490 e. The van der Waals surface area contributed by atoms with Gasteiger partial charge in [-0.1, -0.05) is 12.0 Å². The van der Waals surface area contributed by atoms with Gasteiger partial charge in [0.25, 0.3) is 0 Å². The number of esters is 1. The molecule has 2 aliphatic rings. The van der Waals surface area contributed by atoms with E-state index in [1.807, 2.05) is 19.1 Å². The van der Waals surface area contributed by atoms with Crippen LogP contribution >= 0.6 is 0 Å². The number of nitrogens with zero attached hydrogens (tertiary/aromatic N) is 2. The molecule has 7 heteroatoms. The van der Waals surface area contributed by atoms with Gasteiger partial charge in [-0.3, -0.25) is 4.79 Å². The number of terminal acetylenes is 1. The maximum atomic E-state index is 12.4. The molecule has 0 radical (unpaired) electrons. The topological polar surface area (TPSA) is 77.4 Å². The molecule has 0 aromatic heterocycles. The number of amides is 1. The lowest BCUT2D eigenvalue weighted by Gasteiger charge is -2.15. The van der Waals surface area contributed by atoms with Gasteiger partial charge in [-0.15, -0.1) is 6.42 Å². The monoisotopic (exact) mass is 430 g/mol. The molecule has 1 saturated heterocycles. The van der Waals surface area contributed by atoms with E-state index in [1.165, 1.54) is 0 Å². The van der Waals surface area contributed by atoms with Crippen LogP contribution in [-0.4, -0.2) is 37.5 Å². The third-order valence-corrected chi connectivity index (χ3v) is 5.00. The first-order valence-electron chi connectivity index (χ1n) is 10.4. The molecule has 2 aliphatic heterocycles. The minimum atomic E-state index is -0.538. The van der Waals surface area contributed by atoms with Gasteiger partial charge in [-0.05, 0) is 61.4 Å². The van der Waals surface area contributed by atoms with Gasteiger partial charge in [0.15, 0.2) is 17.2 Å². The van der Waals surface area contributed by atoms with Gasteiger partial charge >= 0.3 is 5.97 Å². The van der Waals surface area contributed by atoms with E-state index < -0.39 is 5.97 Å². The summed E-state index contributed by atoms with van der Waals surface area (Å²) in [7, 11) is 0. The number of cyclic esters (lactones) is 1. The van der Waals surface area contributed by atoms with Crippen LogP contribution in [0.15, 0.2) is 53.2 Å². The zero-order chi connectivity index (χ0) is 22.5. The van der Waals surface area contributed by atoms with Crippen molar-refractivity contribution in [3.63, 3.8) is 0 Å². The molecule has 0 aliphatic carbocycles. The normalized spacial score (nSPS) is 16.7. The number of carbonyl (C=O) groups excluding carboxylic acids is 2. The summed E-state index contributed by atoms with van der Waals surface area (Å²) in [6.45, 7) is 3.17. The summed E-state index contributed by atoms with van der Waals surface area (Å²) in [4.78, 5) is 30.4. The van der Waals surface area contributed by atoms with Crippen LogP contribution in [0.4, 0.5) is 5.69 Å². The fraction of sp³-hybridized carbons (Fsp3) is 0.240. The summed E-state index contributed by atoms with van der Waals surface area (Å²) >= 11 is 0. The average molecular weight is 430 g/mol. The molecule has 7 nitrogen and oxygen atoms in total. The molecule has 0 spiro atoms. The minimum absolute atomic E-state index is 0.120. The van der Waals surface area contributed by atoms with Gasteiger partial charge in [0.05, 0.1) is 6.61 Å². The van der Waals surface area contributed by atoms with Crippen molar-refractivity contribution < 1.29 is 23.8 Å². The fourth-order valence-corrected chi connectivity index (χ4v) is 3.52. The highest BCUT2D eigenvalue weighted by Gasteiger charge is 2.25. The number of hydrogen-bond acceptors (Lipinski definition) is 6. The van der Waals surface area contributed by atoms with Crippen molar-refractivity contribution in [2.45, 2.75) is 19.8 Å². The third-order valence-electron chi connectivity index (χ3n) is 5.00. The van der Waals surface area contributed by atoms with E-state index in [4.69, 9.17) is 20.6 Å². The molecule has 0 unspecified atom stereocenters. The standard InChI is InChI=1S/C25H22N2O5/c1-3-14-31-21-12-7-17(16-22(21)30-4-2)15-20-25(29)32-24(26-20)18-8-10-19(11-9-18)27-13-5-6-23(27)28/h1,7-12,15-16H,4-6,13-14H2,2H3/b20-15-. The highest BCUT2D eigenvalue weighted by molar-refractivity contribution is 6.13. The summed E-state index contributed by atoms with van der Waals surface area (Å²) < 4.78 is 16.5. The van der Waals surface area contributed by atoms with Crippen LogP contribution in [0.5, 0.6) is 11.5 Å². The molecule has 32 heavy (non-hydrogen) atoms. The predicted molar refractivity (Wildman–Crippen MR) is 121 cm³/mol. The van der Waals surface area contributed by atoms with E-state index in [1.54, 1.807) is 41.3 Å². The van der Waals surface area contributed by atoms with Crippen LogP contribution in [-0.2, 0) is 14.3 Å². The number of carbonyl (C=O) groups is 2. The molecule has 0 saturated carbocycles. The second kappa shape index (κ2) is 9.40. The Kier molecular flexibility index (Phi) is 6.22. The fourth-order valence-electron chi connectivity index (χ4n) is 3.52. The Labute approximate surface area is 186 Å². The Morgan fingerprint density at radius 1 is 1.16 bits per heavy atom. The van der Waals surface area contributed by atoms with Gasteiger partial charge < -0.3 is 19.1 Å². The lowest BCUT2D eigenvalue weighted by atomic mass is 10.1. The molecule has 0 atom stereocenters. The molecule has 2 heterocycles. The summed E-state index contributed by atoms with van der Waals surface area (Å²) in [6, 6.07) is 12.5. The van der Waals surface area contributed by atoms with Crippen LogP contribution in [0.2, 0.25) is 0 Å². The zero-order valence-corrected chi connectivity index (χ0v) is 17.7. The third kappa shape index (κ3) is 4.49. The molecule has 162 valence electrons. The first-order valence-corrected chi connectivity index (χ1v) is 10.4. The van der Waals surface area contributed by atoms with Gasteiger partial charge in [0.1, 0.15) is 6.61 Å². The quantitative estimate of drug-likeness (QED) is 0.381. The molecule has 4 rings (SSSR count). The van der Waals surface area contributed by atoms with Crippen LogP contribution < -0.4 is 14.4 Å². The first kappa shape index (κ1) is 21.2. The van der Waals surface area contributed by atoms with E-state index in [0.717, 1.165) is 18.7 Å². The van der Waals surface area contributed by atoms with Crippen LogP contribution in [0.25, 0.3) is 6.08 Å². The van der Waals surface area contributed by atoms with Crippen molar-refractivity contribution in [2.75, 3.05) is 24.7 Å². The molecule has 2 aromatic carbocycles. The first-order chi connectivity index (χ1) is 15.6. The van der Waals surface area contributed by atoms with E-state index in [-0.39, 0.29) is 24.1 Å². The van der Waals surface area contributed by atoms with Crippen molar-refractivity contribution >= 4 is 29.5 Å². The van der Waals surface area contributed by atoms with Crippen molar-refractivity contribution in [1.29, 1.82) is 0 Å². The molecule has 2 aromatic rings. The number of aliphatic imine (C=N–C) groups is 1. The van der Waals surface area contributed by atoms with E-state index in [0.29, 0.717) is 35.7 Å². The second-order valence-corrected chi connectivity index (χ2v) is 7.16. The summed E-state index contributed by atoms with van der Waals surface area (Å²) in [5.74, 6) is 3.28. The summed E-state index contributed by atoms with van der Waals surface area (Å²) in [5.41, 5.74) is 2.37. The highest BCUT2D eigenvalue weighted by Crippen LogP contribution is 2.30. The van der Waals surface area contributed by atoms with Gasteiger partial charge in [0, 0.05) is 24.2 Å². The smallest absolute Gasteiger partial charge is 0.363 e. The second-order valence-electron chi connectivity index (χ2n) is 7.16. The Morgan fingerprint density at radius 3 is 2.66 bits per heavy atom. The van der Waals surface area contributed by atoms with Gasteiger partial charge in [-0.2, -0.15) is 0 Å². The van der Waals surface area contributed by atoms with Crippen LogP contribution in [0.1, 0.15) is 30.9 Å².